The molecule has 0 spiro atoms. The molecule has 92 valence electrons. The lowest BCUT2D eigenvalue weighted by molar-refractivity contribution is 0.718. The van der Waals surface area contributed by atoms with E-state index in [-0.39, 0.29) is 6.04 Å². The molecule has 2 fully saturated rings. The van der Waals surface area contributed by atoms with Gasteiger partial charge in [0.1, 0.15) is 0 Å². The standard InChI is InChI=1S/C15H22N2/c1-11(16)13-4-6-14(7-5-13)17(15-8-9-15)10-12-2-3-12/h4-7,11-12,15H,2-3,8-10,16H2,1H3/t11-/m1/s1. The average Bonchev–Trinajstić information content (AvgIpc) is 3.18. The van der Waals surface area contributed by atoms with E-state index < -0.39 is 0 Å². The Hall–Kier alpha value is -1.02. The number of nitrogens with two attached hydrogens (primary N) is 1. The molecule has 2 heteroatoms. The van der Waals surface area contributed by atoms with Crippen molar-refractivity contribution in [1.29, 1.82) is 0 Å². The van der Waals surface area contributed by atoms with Crippen molar-refractivity contribution in [2.45, 2.75) is 44.7 Å². The van der Waals surface area contributed by atoms with E-state index >= 15 is 0 Å². The summed E-state index contributed by atoms with van der Waals surface area (Å²) in [7, 11) is 0. The SMILES string of the molecule is C[C@@H](N)c1ccc(N(CC2CC2)C2CC2)cc1. The minimum atomic E-state index is 0.141. The molecule has 0 bridgehead atoms. The van der Waals surface area contributed by atoms with E-state index in [2.05, 4.69) is 29.2 Å². The maximum absolute atomic E-state index is 5.89. The van der Waals surface area contributed by atoms with Crippen LogP contribution in [0.25, 0.3) is 0 Å². The summed E-state index contributed by atoms with van der Waals surface area (Å²) in [5.74, 6) is 0.962. The van der Waals surface area contributed by atoms with Crippen molar-refractivity contribution in [3.05, 3.63) is 29.8 Å². The van der Waals surface area contributed by atoms with Crippen LogP contribution >= 0.6 is 0 Å². The second-order valence-electron chi connectivity index (χ2n) is 5.71. The lowest BCUT2D eigenvalue weighted by atomic mass is 10.1. The van der Waals surface area contributed by atoms with Gasteiger partial charge in [-0.3, -0.25) is 0 Å². The molecule has 0 heterocycles. The van der Waals surface area contributed by atoms with Crippen molar-refractivity contribution in [3.8, 4) is 0 Å². The molecule has 0 amide bonds. The first-order chi connectivity index (χ1) is 8.24. The molecule has 3 rings (SSSR count). The molecule has 1 aromatic rings. The van der Waals surface area contributed by atoms with E-state index in [0.717, 1.165) is 12.0 Å². The maximum atomic E-state index is 5.89. The first-order valence-corrected chi connectivity index (χ1v) is 6.86. The first-order valence-electron chi connectivity index (χ1n) is 6.86. The van der Waals surface area contributed by atoms with Crippen LogP contribution in [0.1, 0.15) is 44.2 Å². The van der Waals surface area contributed by atoms with Crippen LogP contribution in [0.4, 0.5) is 5.69 Å². The number of anilines is 1. The summed E-state index contributed by atoms with van der Waals surface area (Å²) in [6, 6.07) is 9.82. The van der Waals surface area contributed by atoms with Gasteiger partial charge in [0.2, 0.25) is 0 Å². The van der Waals surface area contributed by atoms with Gasteiger partial charge in [-0.25, -0.2) is 0 Å². The molecule has 17 heavy (non-hydrogen) atoms. The predicted molar refractivity (Wildman–Crippen MR) is 72.1 cm³/mol. The lowest BCUT2D eigenvalue weighted by Gasteiger charge is -2.25. The minimum absolute atomic E-state index is 0.141. The molecule has 1 atom stereocenters. The number of benzene rings is 1. The highest BCUT2D eigenvalue weighted by Gasteiger charge is 2.33. The third-order valence-corrected chi connectivity index (χ3v) is 3.89. The van der Waals surface area contributed by atoms with Crippen LogP contribution in [-0.2, 0) is 0 Å². The second-order valence-corrected chi connectivity index (χ2v) is 5.71. The van der Waals surface area contributed by atoms with Crippen LogP contribution < -0.4 is 10.6 Å². The summed E-state index contributed by atoms with van der Waals surface area (Å²) >= 11 is 0. The average molecular weight is 230 g/mol. The molecule has 2 saturated carbocycles. The zero-order chi connectivity index (χ0) is 11.8. The van der Waals surface area contributed by atoms with E-state index in [1.807, 2.05) is 6.92 Å². The molecule has 0 radical (unpaired) electrons. The second kappa shape index (κ2) is 4.34. The Balaban J connectivity index is 1.75. The summed E-state index contributed by atoms with van der Waals surface area (Å²) in [5.41, 5.74) is 8.51. The van der Waals surface area contributed by atoms with E-state index in [4.69, 9.17) is 5.73 Å². The Kier molecular flexibility index (Phi) is 2.83. The number of hydrogen-bond acceptors (Lipinski definition) is 2. The van der Waals surface area contributed by atoms with Gasteiger partial charge in [-0.2, -0.15) is 0 Å². The van der Waals surface area contributed by atoms with E-state index in [9.17, 15) is 0 Å². The predicted octanol–water partition coefficient (Wildman–Crippen LogP) is 3.09. The van der Waals surface area contributed by atoms with Crippen molar-refractivity contribution < 1.29 is 0 Å². The molecular weight excluding hydrogens is 208 g/mol. The molecule has 2 N–H and O–H groups in total. The van der Waals surface area contributed by atoms with Crippen LogP contribution in [0.2, 0.25) is 0 Å². The van der Waals surface area contributed by atoms with Gasteiger partial charge >= 0.3 is 0 Å². The van der Waals surface area contributed by atoms with Gasteiger partial charge in [-0.05, 0) is 56.2 Å². The molecule has 0 aromatic heterocycles. The van der Waals surface area contributed by atoms with Crippen molar-refractivity contribution in [2.75, 3.05) is 11.4 Å². The zero-order valence-electron chi connectivity index (χ0n) is 10.6. The van der Waals surface area contributed by atoms with Crippen molar-refractivity contribution in [3.63, 3.8) is 0 Å². The Morgan fingerprint density at radius 3 is 2.29 bits per heavy atom. The van der Waals surface area contributed by atoms with Crippen LogP contribution in [-0.4, -0.2) is 12.6 Å². The Morgan fingerprint density at radius 2 is 1.82 bits per heavy atom. The molecule has 2 aliphatic rings. The van der Waals surface area contributed by atoms with Gasteiger partial charge in [0.15, 0.2) is 0 Å². The van der Waals surface area contributed by atoms with Crippen molar-refractivity contribution in [1.82, 2.24) is 0 Å². The summed E-state index contributed by atoms with van der Waals surface area (Å²) < 4.78 is 0. The van der Waals surface area contributed by atoms with Gasteiger partial charge in [0, 0.05) is 24.3 Å². The Morgan fingerprint density at radius 1 is 1.18 bits per heavy atom. The van der Waals surface area contributed by atoms with Crippen LogP contribution in [0.15, 0.2) is 24.3 Å². The molecule has 2 nitrogen and oxygen atoms in total. The molecule has 0 unspecified atom stereocenters. The van der Waals surface area contributed by atoms with Gasteiger partial charge < -0.3 is 10.6 Å². The lowest BCUT2D eigenvalue weighted by Crippen LogP contribution is -2.27. The van der Waals surface area contributed by atoms with Gasteiger partial charge in [0.25, 0.3) is 0 Å². The third-order valence-electron chi connectivity index (χ3n) is 3.89. The fourth-order valence-corrected chi connectivity index (χ4v) is 2.40. The Labute approximate surface area is 104 Å². The van der Waals surface area contributed by atoms with E-state index in [1.54, 1.807) is 0 Å². The van der Waals surface area contributed by atoms with Crippen LogP contribution in [0.3, 0.4) is 0 Å². The molecule has 1 aromatic carbocycles. The third kappa shape index (κ3) is 2.63. The van der Waals surface area contributed by atoms with E-state index in [0.29, 0.717) is 0 Å². The summed E-state index contributed by atoms with van der Waals surface area (Å²) in [4.78, 5) is 2.61. The fraction of sp³-hybridized carbons (Fsp3) is 0.600. The van der Waals surface area contributed by atoms with Gasteiger partial charge in [-0.1, -0.05) is 12.1 Å². The summed E-state index contributed by atoms with van der Waals surface area (Å²) in [5, 5.41) is 0. The topological polar surface area (TPSA) is 29.3 Å². The highest BCUT2D eigenvalue weighted by Crippen LogP contribution is 2.37. The summed E-state index contributed by atoms with van der Waals surface area (Å²) in [6.07, 6.45) is 5.62. The van der Waals surface area contributed by atoms with Gasteiger partial charge in [0.05, 0.1) is 0 Å². The number of hydrogen-bond donors (Lipinski definition) is 1. The molecular formula is C15H22N2. The highest BCUT2D eigenvalue weighted by atomic mass is 15.2. The Bertz CT molecular complexity index is 374. The smallest absolute Gasteiger partial charge is 0.0369 e. The van der Waals surface area contributed by atoms with Crippen LogP contribution in [0, 0.1) is 5.92 Å². The number of rotatable bonds is 5. The minimum Gasteiger partial charge on any atom is -0.368 e. The van der Waals surface area contributed by atoms with E-state index in [1.165, 1.54) is 43.5 Å². The quantitative estimate of drug-likeness (QED) is 0.842. The first kappa shape index (κ1) is 11.1. The maximum Gasteiger partial charge on any atom is 0.0369 e. The molecule has 2 aliphatic carbocycles. The molecule has 0 aliphatic heterocycles. The zero-order valence-corrected chi connectivity index (χ0v) is 10.6. The van der Waals surface area contributed by atoms with Crippen molar-refractivity contribution in [2.24, 2.45) is 11.7 Å². The molecule has 0 saturated heterocycles. The largest absolute Gasteiger partial charge is 0.368 e. The monoisotopic (exact) mass is 230 g/mol. The van der Waals surface area contributed by atoms with Gasteiger partial charge in [-0.15, -0.1) is 0 Å². The summed E-state index contributed by atoms with van der Waals surface area (Å²) in [6.45, 7) is 3.31. The number of nitrogens with zero attached hydrogens (tertiary/aromatic N) is 1. The van der Waals surface area contributed by atoms with Crippen molar-refractivity contribution >= 4 is 5.69 Å². The normalized spacial score (nSPS) is 21.3. The highest BCUT2D eigenvalue weighted by molar-refractivity contribution is 5.50. The fourth-order valence-electron chi connectivity index (χ4n) is 2.40. The van der Waals surface area contributed by atoms with Crippen LogP contribution in [0.5, 0.6) is 0 Å².